The van der Waals surface area contributed by atoms with Gasteiger partial charge in [0.25, 0.3) is 0 Å². The van der Waals surface area contributed by atoms with Crippen molar-refractivity contribution in [3.63, 3.8) is 0 Å². The van der Waals surface area contributed by atoms with Gasteiger partial charge in [-0.1, -0.05) is 6.07 Å². The Morgan fingerprint density at radius 1 is 1.12 bits per heavy atom. The molecule has 1 aromatic heterocycles. The van der Waals surface area contributed by atoms with Gasteiger partial charge in [-0.2, -0.15) is 0 Å². The molecule has 1 saturated carbocycles. The Morgan fingerprint density at radius 3 is 2.62 bits per heavy atom. The quantitative estimate of drug-likeness (QED) is 0.853. The lowest BCUT2D eigenvalue weighted by Crippen LogP contribution is -2.62. The molecule has 4 nitrogen and oxygen atoms in total. The van der Waals surface area contributed by atoms with E-state index in [1.807, 2.05) is 17.0 Å². The highest BCUT2D eigenvalue weighted by atomic mass is 19.1. The van der Waals surface area contributed by atoms with E-state index in [9.17, 15) is 9.18 Å². The highest BCUT2D eigenvalue weighted by molar-refractivity contribution is 5.91. The molecule has 2 aliphatic heterocycles. The summed E-state index contributed by atoms with van der Waals surface area (Å²) < 4.78 is 13.7. The molecule has 5 heteroatoms. The molecule has 26 heavy (non-hydrogen) atoms. The van der Waals surface area contributed by atoms with Crippen LogP contribution in [0.4, 0.5) is 14.9 Å². The van der Waals surface area contributed by atoms with Gasteiger partial charge in [-0.3, -0.25) is 4.98 Å². The van der Waals surface area contributed by atoms with Gasteiger partial charge < -0.3 is 10.2 Å². The number of amides is 2. The fraction of sp³-hybridized carbons (Fsp3) is 0.429. The zero-order chi connectivity index (χ0) is 17.7. The van der Waals surface area contributed by atoms with Crippen molar-refractivity contribution in [2.75, 3.05) is 5.32 Å². The van der Waals surface area contributed by atoms with E-state index in [1.54, 1.807) is 6.20 Å². The number of carbonyl (C=O) groups excluding carboxylic acids is 1. The minimum atomic E-state index is -0.341. The Morgan fingerprint density at radius 2 is 1.92 bits per heavy atom. The summed E-state index contributed by atoms with van der Waals surface area (Å²) in [5, 5.41) is 3.06. The fourth-order valence-electron chi connectivity index (χ4n) is 4.52. The molecule has 1 aromatic carbocycles. The molecule has 1 N–H and O–H groups in total. The molecule has 0 radical (unpaired) electrons. The fourth-order valence-corrected chi connectivity index (χ4v) is 4.52. The highest BCUT2D eigenvalue weighted by Crippen LogP contribution is 2.45. The van der Waals surface area contributed by atoms with E-state index in [0.29, 0.717) is 18.0 Å². The van der Waals surface area contributed by atoms with Gasteiger partial charge in [0.05, 0.1) is 6.20 Å². The summed E-state index contributed by atoms with van der Waals surface area (Å²) >= 11 is 0. The third-order valence-corrected chi connectivity index (χ3v) is 5.98. The molecule has 134 valence electrons. The van der Waals surface area contributed by atoms with Crippen molar-refractivity contribution in [3.05, 3.63) is 48.0 Å². The molecule has 3 fully saturated rings. The lowest BCUT2D eigenvalue weighted by atomic mass is 9.80. The van der Waals surface area contributed by atoms with Crippen LogP contribution >= 0.6 is 0 Å². The maximum atomic E-state index is 13.7. The first-order valence-electron chi connectivity index (χ1n) is 9.53. The highest BCUT2D eigenvalue weighted by Gasteiger charge is 2.44. The van der Waals surface area contributed by atoms with Crippen LogP contribution in [0.5, 0.6) is 0 Å². The number of halogens is 1. The molecule has 2 amide bonds. The first-order valence-corrected chi connectivity index (χ1v) is 9.53. The van der Waals surface area contributed by atoms with Crippen molar-refractivity contribution in [3.8, 4) is 11.1 Å². The summed E-state index contributed by atoms with van der Waals surface area (Å²) in [5.41, 5.74) is 3.73. The van der Waals surface area contributed by atoms with Crippen LogP contribution in [-0.4, -0.2) is 28.0 Å². The van der Waals surface area contributed by atoms with E-state index in [0.717, 1.165) is 36.1 Å². The third kappa shape index (κ3) is 2.75. The number of rotatable bonds is 3. The van der Waals surface area contributed by atoms with Crippen molar-refractivity contribution < 1.29 is 9.18 Å². The van der Waals surface area contributed by atoms with Crippen molar-refractivity contribution in [1.29, 1.82) is 0 Å². The van der Waals surface area contributed by atoms with Crippen LogP contribution in [-0.2, 0) is 0 Å². The molecular weight excluding hydrogens is 329 g/mol. The Hall–Kier alpha value is -2.43. The van der Waals surface area contributed by atoms with Gasteiger partial charge >= 0.3 is 6.03 Å². The third-order valence-electron chi connectivity index (χ3n) is 5.98. The minimum Gasteiger partial charge on any atom is -0.318 e. The van der Waals surface area contributed by atoms with E-state index in [-0.39, 0.29) is 11.8 Å². The van der Waals surface area contributed by atoms with Crippen molar-refractivity contribution in [2.24, 2.45) is 0 Å². The number of nitrogens with zero attached hydrogens (tertiary/aromatic N) is 2. The van der Waals surface area contributed by atoms with Gasteiger partial charge in [-0.25, -0.2) is 9.18 Å². The van der Waals surface area contributed by atoms with Crippen LogP contribution < -0.4 is 5.32 Å². The maximum Gasteiger partial charge on any atom is 0.322 e. The molecule has 0 spiro atoms. The second-order valence-corrected chi connectivity index (χ2v) is 7.78. The van der Waals surface area contributed by atoms with E-state index in [1.165, 1.54) is 37.1 Å². The van der Waals surface area contributed by atoms with Crippen LogP contribution in [0.1, 0.15) is 50.0 Å². The average Bonchev–Trinajstić information content (AvgIpc) is 3.47. The monoisotopic (exact) mass is 351 g/mol. The SMILES string of the molecule is O=C(Nc1ccc(C2CC2)c(-c2cncc(F)c2)c1)N1C2CCCC1C2. The number of pyridine rings is 1. The van der Waals surface area contributed by atoms with E-state index < -0.39 is 0 Å². The molecule has 3 heterocycles. The zero-order valence-corrected chi connectivity index (χ0v) is 14.6. The lowest BCUT2D eigenvalue weighted by Gasteiger charge is -2.52. The summed E-state index contributed by atoms with van der Waals surface area (Å²) in [5.74, 6) is 0.194. The number of fused-ring (bicyclic) bond motifs is 2. The number of carbonyl (C=O) groups is 1. The van der Waals surface area contributed by atoms with Crippen LogP contribution in [0.15, 0.2) is 36.7 Å². The predicted octanol–water partition coefficient (Wildman–Crippen LogP) is 4.92. The molecule has 2 atom stereocenters. The molecular formula is C21H22FN3O. The smallest absolute Gasteiger partial charge is 0.318 e. The first kappa shape index (κ1) is 15.8. The van der Waals surface area contributed by atoms with Crippen molar-refractivity contribution in [2.45, 2.75) is 56.5 Å². The molecule has 2 saturated heterocycles. The van der Waals surface area contributed by atoms with Crippen LogP contribution in [0, 0.1) is 5.82 Å². The Bertz CT molecular complexity index is 850. The van der Waals surface area contributed by atoms with Crippen LogP contribution in [0.25, 0.3) is 11.1 Å². The van der Waals surface area contributed by atoms with Crippen LogP contribution in [0.2, 0.25) is 0 Å². The number of nitrogens with one attached hydrogen (secondary N) is 1. The maximum absolute atomic E-state index is 13.7. The standard InChI is InChI=1S/C21H22FN3O/c22-15-8-14(11-23-12-15)20-9-16(6-7-19(20)13-4-5-13)24-21(26)25-17-2-1-3-18(25)10-17/h6-9,11-13,17-18H,1-5,10H2,(H,24,26). The zero-order valence-electron chi connectivity index (χ0n) is 14.6. The molecule has 2 bridgehead atoms. The van der Waals surface area contributed by atoms with Gasteiger partial charge in [0.2, 0.25) is 0 Å². The Kier molecular flexibility index (Phi) is 3.69. The lowest BCUT2D eigenvalue weighted by molar-refractivity contribution is 0.0173. The summed E-state index contributed by atoms with van der Waals surface area (Å²) in [4.78, 5) is 18.7. The van der Waals surface area contributed by atoms with Crippen LogP contribution in [0.3, 0.4) is 0 Å². The number of anilines is 1. The second kappa shape index (κ2) is 6.08. The molecule has 2 unspecified atom stereocenters. The summed E-state index contributed by atoms with van der Waals surface area (Å²) in [6.45, 7) is 0. The van der Waals surface area contributed by atoms with Gasteiger partial charge in [0.15, 0.2) is 0 Å². The number of hydrogen-bond donors (Lipinski definition) is 1. The van der Waals surface area contributed by atoms with Gasteiger partial charge in [-0.05, 0) is 73.8 Å². The summed E-state index contributed by atoms with van der Waals surface area (Å²) in [7, 11) is 0. The number of aromatic nitrogens is 1. The second-order valence-electron chi connectivity index (χ2n) is 7.78. The number of urea groups is 1. The normalized spacial score (nSPS) is 24.1. The predicted molar refractivity (Wildman–Crippen MR) is 98.5 cm³/mol. The minimum absolute atomic E-state index is 0.00607. The van der Waals surface area contributed by atoms with E-state index in [2.05, 4.69) is 16.4 Å². The summed E-state index contributed by atoms with van der Waals surface area (Å²) in [6.07, 6.45) is 9.84. The van der Waals surface area contributed by atoms with Gasteiger partial charge in [-0.15, -0.1) is 0 Å². The number of benzene rings is 1. The van der Waals surface area contributed by atoms with Gasteiger partial charge in [0.1, 0.15) is 5.82 Å². The number of piperidine rings is 1. The molecule has 3 aliphatic rings. The Balaban J connectivity index is 1.43. The largest absolute Gasteiger partial charge is 0.322 e. The first-order chi connectivity index (χ1) is 12.7. The number of hydrogen-bond acceptors (Lipinski definition) is 2. The van der Waals surface area contributed by atoms with E-state index in [4.69, 9.17) is 0 Å². The van der Waals surface area contributed by atoms with Crippen molar-refractivity contribution in [1.82, 2.24) is 9.88 Å². The molecule has 5 rings (SSSR count). The van der Waals surface area contributed by atoms with Gasteiger partial charge in [0, 0.05) is 29.5 Å². The van der Waals surface area contributed by atoms with E-state index >= 15 is 0 Å². The van der Waals surface area contributed by atoms with Crippen molar-refractivity contribution >= 4 is 11.7 Å². The molecule has 1 aliphatic carbocycles. The Labute approximate surface area is 152 Å². The summed E-state index contributed by atoms with van der Waals surface area (Å²) in [6, 6.07) is 8.34. The molecule has 2 aromatic rings. The average molecular weight is 351 g/mol. The topological polar surface area (TPSA) is 45.2 Å².